The van der Waals surface area contributed by atoms with Crippen LogP contribution in [-0.2, 0) is 11.3 Å². The number of carbonyl (C=O) groups excluding carboxylic acids is 2. The number of para-hydroxylation sites is 1. The molecule has 0 unspecified atom stereocenters. The van der Waals surface area contributed by atoms with E-state index in [9.17, 15) is 9.59 Å². The highest BCUT2D eigenvalue weighted by atomic mass is 16.5. The lowest BCUT2D eigenvalue weighted by molar-refractivity contribution is -0.119. The molecule has 1 aliphatic rings. The van der Waals surface area contributed by atoms with E-state index in [4.69, 9.17) is 14.2 Å². The minimum absolute atomic E-state index is 0.0822. The fraction of sp³-hybridized carbons (Fsp3) is 0.286. The maximum absolute atomic E-state index is 13.6. The Labute approximate surface area is 205 Å². The molecule has 2 amide bonds. The van der Waals surface area contributed by atoms with Gasteiger partial charge in [-0.05, 0) is 48.4 Å². The number of carbonyl (C=O) groups is 2. The predicted octanol–water partition coefficient (Wildman–Crippen LogP) is 4.85. The molecular formula is C28H30N2O5. The fourth-order valence-electron chi connectivity index (χ4n) is 4.62. The highest BCUT2D eigenvalue weighted by Crippen LogP contribution is 2.43. The summed E-state index contributed by atoms with van der Waals surface area (Å²) in [4.78, 5) is 30.6. The summed E-state index contributed by atoms with van der Waals surface area (Å²) in [6.45, 7) is 2.87. The van der Waals surface area contributed by atoms with E-state index >= 15 is 0 Å². The lowest BCUT2D eigenvalue weighted by atomic mass is 9.99. The van der Waals surface area contributed by atoms with Crippen LogP contribution in [-0.4, -0.2) is 44.6 Å². The zero-order valence-corrected chi connectivity index (χ0v) is 20.5. The number of fused-ring (bicyclic) bond motifs is 1. The molecule has 35 heavy (non-hydrogen) atoms. The molecule has 0 aliphatic carbocycles. The van der Waals surface area contributed by atoms with Crippen LogP contribution in [0.15, 0.2) is 66.7 Å². The van der Waals surface area contributed by atoms with Crippen molar-refractivity contribution < 1.29 is 23.8 Å². The highest BCUT2D eigenvalue weighted by molar-refractivity contribution is 5.99. The van der Waals surface area contributed by atoms with Gasteiger partial charge in [0.25, 0.3) is 5.91 Å². The maximum Gasteiger partial charge on any atom is 0.255 e. The van der Waals surface area contributed by atoms with E-state index in [1.54, 1.807) is 31.1 Å². The first-order valence-electron chi connectivity index (χ1n) is 11.6. The molecule has 0 radical (unpaired) electrons. The van der Waals surface area contributed by atoms with Gasteiger partial charge in [-0.25, -0.2) is 0 Å². The predicted molar refractivity (Wildman–Crippen MR) is 134 cm³/mol. The van der Waals surface area contributed by atoms with Crippen LogP contribution in [0.25, 0.3) is 0 Å². The molecule has 0 bridgehead atoms. The largest absolute Gasteiger partial charge is 0.493 e. The van der Waals surface area contributed by atoms with Crippen LogP contribution in [0.1, 0.15) is 40.9 Å². The lowest BCUT2D eigenvalue weighted by Gasteiger charge is -2.31. The number of methoxy groups -OCH3 is 3. The third-order valence-corrected chi connectivity index (χ3v) is 6.35. The quantitative estimate of drug-likeness (QED) is 0.443. The number of ether oxygens (including phenoxy) is 3. The minimum atomic E-state index is -0.533. The Morgan fingerprint density at radius 1 is 0.943 bits per heavy atom. The smallest absolute Gasteiger partial charge is 0.255 e. The number of amides is 2. The number of hydrogen-bond acceptors (Lipinski definition) is 5. The molecule has 1 aliphatic heterocycles. The monoisotopic (exact) mass is 474 g/mol. The summed E-state index contributed by atoms with van der Waals surface area (Å²) in [5.41, 5.74) is 3.16. The second-order valence-corrected chi connectivity index (χ2v) is 8.24. The first-order chi connectivity index (χ1) is 17.0. The standard InChI is InChI=1S/C28H30N2O5/c1-5-29(21-12-7-6-8-13-21)26(31)17-23(30-18-19-11-9-10-14-22(19)28(30)32)20-15-24(33-2)27(35-4)25(16-20)34-3/h6-16,23H,5,17-18H2,1-4H3/t23-/m1/s1. The summed E-state index contributed by atoms with van der Waals surface area (Å²) < 4.78 is 16.6. The highest BCUT2D eigenvalue weighted by Gasteiger charge is 2.36. The molecule has 7 nitrogen and oxygen atoms in total. The summed E-state index contributed by atoms with van der Waals surface area (Å²) >= 11 is 0. The SMILES string of the molecule is CCN(C(=O)C[C@H](c1cc(OC)c(OC)c(OC)c1)N1Cc2ccccc2C1=O)c1ccccc1. The van der Waals surface area contributed by atoms with E-state index < -0.39 is 6.04 Å². The van der Waals surface area contributed by atoms with Crippen molar-refractivity contribution in [2.45, 2.75) is 25.9 Å². The summed E-state index contributed by atoms with van der Waals surface area (Å²) in [6.07, 6.45) is 0.0983. The van der Waals surface area contributed by atoms with E-state index in [0.29, 0.717) is 35.9 Å². The summed E-state index contributed by atoms with van der Waals surface area (Å²) in [7, 11) is 4.64. The average molecular weight is 475 g/mol. The molecule has 0 fully saturated rings. The van der Waals surface area contributed by atoms with Crippen LogP contribution in [0.2, 0.25) is 0 Å². The van der Waals surface area contributed by atoms with Gasteiger partial charge in [0.15, 0.2) is 11.5 Å². The van der Waals surface area contributed by atoms with Gasteiger partial charge in [-0.3, -0.25) is 9.59 Å². The summed E-state index contributed by atoms with van der Waals surface area (Å²) in [6, 6.07) is 20.2. The van der Waals surface area contributed by atoms with Gasteiger partial charge in [-0.15, -0.1) is 0 Å². The molecule has 0 aromatic heterocycles. The summed E-state index contributed by atoms with van der Waals surface area (Å²) in [5.74, 6) is 1.22. The van der Waals surface area contributed by atoms with Crippen LogP contribution in [0.4, 0.5) is 5.69 Å². The molecule has 3 aromatic rings. The number of hydrogen-bond donors (Lipinski definition) is 0. The van der Waals surface area contributed by atoms with Gasteiger partial charge >= 0.3 is 0 Å². The van der Waals surface area contributed by atoms with Gasteiger partial charge in [0, 0.05) is 24.3 Å². The summed E-state index contributed by atoms with van der Waals surface area (Å²) in [5, 5.41) is 0. The number of rotatable bonds is 9. The molecule has 0 spiro atoms. The van der Waals surface area contributed by atoms with Crippen LogP contribution in [0, 0.1) is 0 Å². The van der Waals surface area contributed by atoms with Crippen molar-refractivity contribution in [2.75, 3.05) is 32.8 Å². The molecule has 0 saturated heterocycles. The molecule has 0 N–H and O–H groups in total. The third kappa shape index (κ3) is 4.67. The number of benzene rings is 3. The zero-order valence-electron chi connectivity index (χ0n) is 20.5. The molecule has 3 aromatic carbocycles. The van der Waals surface area contributed by atoms with E-state index in [0.717, 1.165) is 16.8 Å². The Balaban J connectivity index is 1.77. The Morgan fingerprint density at radius 2 is 1.57 bits per heavy atom. The Bertz CT molecular complexity index is 1190. The van der Waals surface area contributed by atoms with Crippen LogP contribution in [0.3, 0.4) is 0 Å². The van der Waals surface area contributed by atoms with Crippen molar-refractivity contribution in [1.29, 1.82) is 0 Å². The van der Waals surface area contributed by atoms with E-state index in [-0.39, 0.29) is 18.2 Å². The third-order valence-electron chi connectivity index (χ3n) is 6.35. The molecular weight excluding hydrogens is 444 g/mol. The van der Waals surface area contributed by atoms with Crippen LogP contribution >= 0.6 is 0 Å². The van der Waals surface area contributed by atoms with Gasteiger partial charge in [0.1, 0.15) is 0 Å². The van der Waals surface area contributed by atoms with Gasteiger partial charge in [-0.2, -0.15) is 0 Å². The maximum atomic E-state index is 13.6. The number of anilines is 1. The molecule has 4 rings (SSSR count). The lowest BCUT2D eigenvalue weighted by Crippen LogP contribution is -2.37. The van der Waals surface area contributed by atoms with Crippen LogP contribution in [0.5, 0.6) is 17.2 Å². The van der Waals surface area contributed by atoms with Gasteiger partial charge in [0.05, 0.1) is 33.8 Å². The normalized spacial score (nSPS) is 13.3. The molecule has 1 atom stereocenters. The van der Waals surface area contributed by atoms with E-state index in [1.165, 1.54) is 0 Å². The van der Waals surface area contributed by atoms with Crippen molar-refractivity contribution in [2.24, 2.45) is 0 Å². The Kier molecular flexibility index (Phi) is 7.25. The molecule has 182 valence electrons. The van der Waals surface area contributed by atoms with Gasteiger partial charge < -0.3 is 24.0 Å². The molecule has 7 heteroatoms. The first-order valence-corrected chi connectivity index (χ1v) is 11.6. The van der Waals surface area contributed by atoms with E-state index in [1.807, 2.05) is 73.7 Å². The van der Waals surface area contributed by atoms with Crippen molar-refractivity contribution in [3.8, 4) is 17.2 Å². The van der Waals surface area contributed by atoms with Gasteiger partial charge in [0.2, 0.25) is 11.7 Å². The van der Waals surface area contributed by atoms with Crippen molar-refractivity contribution in [1.82, 2.24) is 4.90 Å². The Hall–Kier alpha value is -4.00. The second-order valence-electron chi connectivity index (χ2n) is 8.24. The second kappa shape index (κ2) is 10.5. The fourth-order valence-corrected chi connectivity index (χ4v) is 4.62. The average Bonchev–Trinajstić information content (AvgIpc) is 3.23. The van der Waals surface area contributed by atoms with Crippen molar-refractivity contribution in [3.63, 3.8) is 0 Å². The zero-order chi connectivity index (χ0) is 24.9. The van der Waals surface area contributed by atoms with Crippen molar-refractivity contribution >= 4 is 17.5 Å². The topological polar surface area (TPSA) is 68.3 Å². The Morgan fingerprint density at radius 3 is 2.14 bits per heavy atom. The first kappa shape index (κ1) is 24.1. The van der Waals surface area contributed by atoms with Crippen LogP contribution < -0.4 is 19.1 Å². The molecule has 1 heterocycles. The molecule has 0 saturated carbocycles. The number of nitrogens with zero attached hydrogens (tertiary/aromatic N) is 2. The van der Waals surface area contributed by atoms with Gasteiger partial charge in [-0.1, -0.05) is 36.4 Å². The minimum Gasteiger partial charge on any atom is -0.493 e. The van der Waals surface area contributed by atoms with E-state index in [2.05, 4.69) is 0 Å². The van der Waals surface area contributed by atoms with Crippen molar-refractivity contribution in [3.05, 3.63) is 83.4 Å².